The van der Waals surface area contributed by atoms with Gasteiger partial charge in [-0.15, -0.1) is 0 Å². The first-order valence-electron chi connectivity index (χ1n) is 8.63. The average Bonchev–Trinajstić information content (AvgIpc) is 2.39. The lowest BCUT2D eigenvalue weighted by atomic mass is 10.0. The highest BCUT2D eigenvalue weighted by Gasteiger charge is 2.10. The third kappa shape index (κ3) is 13.9. The zero-order chi connectivity index (χ0) is 17.2. The van der Waals surface area contributed by atoms with E-state index in [1.807, 2.05) is 27.7 Å². The van der Waals surface area contributed by atoms with Crippen molar-refractivity contribution in [3.63, 3.8) is 0 Å². The van der Waals surface area contributed by atoms with Crippen LogP contribution in [0.3, 0.4) is 0 Å². The van der Waals surface area contributed by atoms with Gasteiger partial charge in [-0.3, -0.25) is 0 Å². The van der Waals surface area contributed by atoms with Crippen LogP contribution in [-0.2, 0) is 4.84 Å². The Kier molecular flexibility index (Phi) is 10.1. The first kappa shape index (κ1) is 20.9. The Balaban J connectivity index is 4.06. The van der Waals surface area contributed by atoms with E-state index in [2.05, 4.69) is 45.0 Å². The molecule has 0 saturated heterocycles. The van der Waals surface area contributed by atoms with E-state index in [-0.39, 0.29) is 5.60 Å². The van der Waals surface area contributed by atoms with Gasteiger partial charge >= 0.3 is 0 Å². The molecular weight excluding hydrogens is 270 g/mol. The summed E-state index contributed by atoms with van der Waals surface area (Å²) in [4.78, 5) is 5.44. The third-order valence-corrected chi connectivity index (χ3v) is 3.33. The molecule has 0 N–H and O–H groups in total. The topological polar surface area (TPSA) is 21.6 Å². The zero-order valence-electron chi connectivity index (χ0n) is 16.1. The summed E-state index contributed by atoms with van der Waals surface area (Å²) in [6, 6.07) is 0. The van der Waals surface area contributed by atoms with Crippen molar-refractivity contribution < 1.29 is 4.84 Å². The smallest absolute Gasteiger partial charge is 0.129 e. The van der Waals surface area contributed by atoms with Gasteiger partial charge < -0.3 is 4.84 Å². The molecule has 0 fully saturated rings. The summed E-state index contributed by atoms with van der Waals surface area (Å²) >= 11 is 0. The van der Waals surface area contributed by atoms with Crippen molar-refractivity contribution in [3.8, 4) is 0 Å². The van der Waals surface area contributed by atoms with Crippen LogP contribution in [0.4, 0.5) is 0 Å². The van der Waals surface area contributed by atoms with E-state index < -0.39 is 0 Å². The molecule has 128 valence electrons. The zero-order valence-corrected chi connectivity index (χ0v) is 16.1. The van der Waals surface area contributed by atoms with Gasteiger partial charge in [0, 0.05) is 0 Å². The summed E-state index contributed by atoms with van der Waals surface area (Å²) < 4.78 is 0. The van der Waals surface area contributed by atoms with Gasteiger partial charge in [-0.25, -0.2) is 0 Å². The van der Waals surface area contributed by atoms with Crippen LogP contribution in [0.15, 0.2) is 28.5 Å². The van der Waals surface area contributed by atoms with E-state index >= 15 is 0 Å². The molecule has 0 unspecified atom stereocenters. The summed E-state index contributed by atoms with van der Waals surface area (Å²) in [5.41, 5.74) is 3.82. The van der Waals surface area contributed by atoms with E-state index in [1.54, 1.807) is 0 Å². The molecule has 0 aliphatic heterocycles. The van der Waals surface area contributed by atoms with Crippen LogP contribution >= 0.6 is 0 Å². The minimum absolute atomic E-state index is 0.202. The number of oxime groups is 1. The highest BCUT2D eigenvalue weighted by Crippen LogP contribution is 2.13. The van der Waals surface area contributed by atoms with Crippen LogP contribution < -0.4 is 0 Å². The summed E-state index contributed by atoms with van der Waals surface area (Å²) in [7, 11) is 0. The van der Waals surface area contributed by atoms with Crippen molar-refractivity contribution >= 4 is 5.71 Å². The van der Waals surface area contributed by atoms with Crippen LogP contribution in [0.2, 0.25) is 0 Å². The van der Waals surface area contributed by atoms with E-state index in [1.165, 1.54) is 24.0 Å². The van der Waals surface area contributed by atoms with Gasteiger partial charge in [-0.1, -0.05) is 42.3 Å². The Morgan fingerprint density at radius 3 is 2.09 bits per heavy atom. The molecule has 2 nitrogen and oxygen atoms in total. The molecule has 0 aromatic heterocycles. The van der Waals surface area contributed by atoms with Gasteiger partial charge in [0.25, 0.3) is 0 Å². The summed E-state index contributed by atoms with van der Waals surface area (Å²) in [5.74, 6) is 0.754. The molecule has 0 aliphatic carbocycles. The summed E-state index contributed by atoms with van der Waals surface area (Å²) in [6.07, 6.45) is 10.3. The molecular formula is C20H37NO. The normalized spacial score (nSPS) is 14.7. The first-order valence-corrected chi connectivity index (χ1v) is 8.63. The molecule has 0 amide bonds. The molecule has 22 heavy (non-hydrogen) atoms. The Labute approximate surface area is 138 Å². The van der Waals surface area contributed by atoms with E-state index in [9.17, 15) is 0 Å². The van der Waals surface area contributed by atoms with Crippen LogP contribution in [0.25, 0.3) is 0 Å². The minimum Gasteiger partial charge on any atom is -0.390 e. The van der Waals surface area contributed by atoms with Crippen molar-refractivity contribution in [2.24, 2.45) is 11.1 Å². The van der Waals surface area contributed by atoms with Crippen molar-refractivity contribution in [1.29, 1.82) is 0 Å². The lowest BCUT2D eigenvalue weighted by Crippen LogP contribution is -2.16. The maximum Gasteiger partial charge on any atom is 0.129 e. The minimum atomic E-state index is -0.202. The van der Waals surface area contributed by atoms with Gasteiger partial charge in [0.1, 0.15) is 5.60 Å². The number of hydrogen-bond acceptors (Lipinski definition) is 2. The number of nitrogens with zero attached hydrogens (tertiary/aromatic N) is 1. The van der Waals surface area contributed by atoms with Crippen molar-refractivity contribution in [3.05, 3.63) is 23.3 Å². The number of hydrogen-bond donors (Lipinski definition) is 0. The molecule has 0 aromatic carbocycles. The Morgan fingerprint density at radius 1 is 0.955 bits per heavy atom. The largest absolute Gasteiger partial charge is 0.390 e. The summed E-state index contributed by atoms with van der Waals surface area (Å²) in [6.45, 7) is 17.1. The van der Waals surface area contributed by atoms with E-state index in [0.29, 0.717) is 0 Å². The maximum absolute atomic E-state index is 5.44. The molecule has 0 bridgehead atoms. The Hall–Kier alpha value is -1.05. The van der Waals surface area contributed by atoms with Crippen molar-refractivity contribution in [2.45, 2.75) is 93.1 Å². The lowest BCUT2D eigenvalue weighted by molar-refractivity contribution is 0.000469. The Bertz CT molecular complexity index is 394. The number of allylic oxidation sites excluding steroid dienone is 4. The predicted octanol–water partition coefficient (Wildman–Crippen LogP) is 6.68. The second-order valence-corrected chi connectivity index (χ2v) is 7.80. The molecule has 0 heterocycles. The molecule has 0 spiro atoms. The monoisotopic (exact) mass is 307 g/mol. The quantitative estimate of drug-likeness (QED) is 0.264. The molecule has 0 atom stereocenters. The van der Waals surface area contributed by atoms with Crippen LogP contribution in [0.5, 0.6) is 0 Å². The van der Waals surface area contributed by atoms with Crippen molar-refractivity contribution in [2.75, 3.05) is 0 Å². The van der Waals surface area contributed by atoms with Gasteiger partial charge in [-0.05, 0) is 79.6 Å². The molecule has 0 aliphatic rings. The summed E-state index contributed by atoms with van der Waals surface area (Å²) in [5, 5.41) is 4.20. The van der Waals surface area contributed by atoms with Gasteiger partial charge in [-0.2, -0.15) is 0 Å². The van der Waals surface area contributed by atoms with E-state index in [0.717, 1.165) is 30.9 Å². The second-order valence-electron chi connectivity index (χ2n) is 7.80. The Morgan fingerprint density at radius 2 is 1.55 bits per heavy atom. The second kappa shape index (κ2) is 10.6. The van der Waals surface area contributed by atoms with Crippen LogP contribution in [0, 0.1) is 5.92 Å². The number of rotatable bonds is 9. The van der Waals surface area contributed by atoms with Crippen molar-refractivity contribution in [1.82, 2.24) is 0 Å². The first-order chi connectivity index (χ1) is 10.1. The SMILES string of the molecule is C/C(=C\CC(C)C)CC/C=C(\C)CC/C(C)=N/OC(C)(C)C. The fourth-order valence-electron chi connectivity index (χ4n) is 1.83. The van der Waals surface area contributed by atoms with Crippen LogP contribution in [-0.4, -0.2) is 11.3 Å². The standard InChI is InChI=1S/C20H37NO/c1-16(2)12-13-17(3)10-9-11-18(4)14-15-19(5)21-22-20(6,7)8/h11,13,16H,9-10,12,14-15H2,1-8H3/b17-13+,18-11+,21-19+. The molecule has 2 heteroatoms. The maximum atomic E-state index is 5.44. The van der Waals surface area contributed by atoms with E-state index in [4.69, 9.17) is 4.84 Å². The molecule has 0 saturated carbocycles. The van der Waals surface area contributed by atoms with Gasteiger partial charge in [0.15, 0.2) is 0 Å². The molecule has 0 rings (SSSR count). The molecule has 0 aromatic rings. The lowest BCUT2D eigenvalue weighted by Gasteiger charge is -2.16. The highest BCUT2D eigenvalue weighted by atomic mass is 16.6. The van der Waals surface area contributed by atoms with Gasteiger partial charge in [0.05, 0.1) is 5.71 Å². The highest BCUT2D eigenvalue weighted by molar-refractivity contribution is 5.81. The predicted molar refractivity (Wildman–Crippen MR) is 99.4 cm³/mol. The van der Waals surface area contributed by atoms with Gasteiger partial charge in [0.2, 0.25) is 0 Å². The third-order valence-electron chi connectivity index (χ3n) is 3.33. The van der Waals surface area contributed by atoms with Crippen LogP contribution in [0.1, 0.15) is 87.5 Å². The fourth-order valence-corrected chi connectivity index (χ4v) is 1.83. The fraction of sp³-hybridized carbons (Fsp3) is 0.750. The molecule has 0 radical (unpaired) electrons. The average molecular weight is 308 g/mol.